The summed E-state index contributed by atoms with van der Waals surface area (Å²) in [5.74, 6) is -2.77. The Balaban J connectivity index is 2.64. The Labute approximate surface area is 102 Å². The number of carbonyl (C=O) groups excluding carboxylic acids is 1. The molecule has 1 aromatic rings. The van der Waals surface area contributed by atoms with Gasteiger partial charge in [-0.3, -0.25) is 14.3 Å². The zero-order valence-corrected chi connectivity index (χ0v) is 9.71. The Bertz CT molecular complexity index is 480. The van der Waals surface area contributed by atoms with Gasteiger partial charge >= 0.3 is 11.9 Å². The van der Waals surface area contributed by atoms with Crippen LogP contribution in [0.3, 0.4) is 0 Å². The Kier molecular flexibility index (Phi) is 4.41. The third-order valence-corrected chi connectivity index (χ3v) is 2.24. The largest absolute Gasteiger partial charge is 0.481 e. The van der Waals surface area contributed by atoms with Crippen LogP contribution in [0.15, 0.2) is 6.20 Å². The molecule has 0 unspecified atom stereocenters. The van der Waals surface area contributed by atoms with E-state index in [1.807, 2.05) is 0 Å². The number of hydrogen-bond acceptors (Lipinski definition) is 4. The molecule has 8 nitrogen and oxygen atoms in total. The van der Waals surface area contributed by atoms with E-state index in [-0.39, 0.29) is 30.6 Å². The molecule has 0 saturated carbocycles. The average Bonchev–Trinajstić information content (AvgIpc) is 2.66. The first-order chi connectivity index (χ1) is 8.43. The summed E-state index contributed by atoms with van der Waals surface area (Å²) in [6.07, 6.45) is 1.31. The number of nitrogens with one attached hydrogen (secondary N) is 1. The lowest BCUT2D eigenvalue weighted by molar-refractivity contribution is -0.137. The molecule has 8 heteroatoms. The van der Waals surface area contributed by atoms with Crippen LogP contribution < -0.4 is 5.32 Å². The molecule has 0 fully saturated rings. The molecule has 1 heterocycles. The second-order valence-corrected chi connectivity index (χ2v) is 3.59. The summed E-state index contributed by atoms with van der Waals surface area (Å²) in [5.41, 5.74) is -0.244. The van der Waals surface area contributed by atoms with Gasteiger partial charge in [-0.1, -0.05) is 0 Å². The van der Waals surface area contributed by atoms with Crippen molar-refractivity contribution in [2.24, 2.45) is 7.05 Å². The molecule has 0 spiro atoms. The van der Waals surface area contributed by atoms with Gasteiger partial charge in [-0.2, -0.15) is 5.10 Å². The summed E-state index contributed by atoms with van der Waals surface area (Å²) in [4.78, 5) is 32.8. The van der Waals surface area contributed by atoms with E-state index in [1.54, 1.807) is 0 Å². The van der Waals surface area contributed by atoms with Crippen LogP contribution >= 0.6 is 0 Å². The van der Waals surface area contributed by atoms with E-state index in [4.69, 9.17) is 10.2 Å². The number of rotatable bonds is 6. The van der Waals surface area contributed by atoms with Crippen LogP contribution in [-0.4, -0.2) is 44.4 Å². The van der Waals surface area contributed by atoms with Gasteiger partial charge in [0.05, 0.1) is 6.20 Å². The van der Waals surface area contributed by atoms with Crippen LogP contribution in [0.2, 0.25) is 0 Å². The summed E-state index contributed by atoms with van der Waals surface area (Å²) in [7, 11) is 1.46. The zero-order valence-electron chi connectivity index (χ0n) is 9.71. The molecule has 0 bridgehead atoms. The topological polar surface area (TPSA) is 122 Å². The van der Waals surface area contributed by atoms with Crippen LogP contribution in [0.1, 0.15) is 33.7 Å². The molecule has 1 rings (SSSR count). The number of carbonyl (C=O) groups is 3. The van der Waals surface area contributed by atoms with E-state index in [9.17, 15) is 14.4 Å². The second kappa shape index (κ2) is 5.80. The smallest absolute Gasteiger partial charge is 0.339 e. The van der Waals surface area contributed by atoms with E-state index in [0.29, 0.717) is 0 Å². The van der Waals surface area contributed by atoms with Gasteiger partial charge in [0.1, 0.15) is 11.3 Å². The molecule has 1 amide bonds. The average molecular weight is 255 g/mol. The first kappa shape index (κ1) is 13.7. The Morgan fingerprint density at radius 2 is 2.06 bits per heavy atom. The molecule has 98 valence electrons. The first-order valence-electron chi connectivity index (χ1n) is 5.18. The number of hydrogen-bond donors (Lipinski definition) is 3. The van der Waals surface area contributed by atoms with Gasteiger partial charge in [0, 0.05) is 20.0 Å². The second-order valence-electron chi connectivity index (χ2n) is 3.59. The van der Waals surface area contributed by atoms with Crippen molar-refractivity contribution in [2.45, 2.75) is 12.8 Å². The molecule has 0 saturated heterocycles. The van der Waals surface area contributed by atoms with Crippen molar-refractivity contribution in [3.05, 3.63) is 17.5 Å². The van der Waals surface area contributed by atoms with Crippen molar-refractivity contribution < 1.29 is 24.6 Å². The molecule has 0 radical (unpaired) electrons. The van der Waals surface area contributed by atoms with Gasteiger partial charge < -0.3 is 15.5 Å². The number of aryl methyl sites for hydroxylation is 1. The van der Waals surface area contributed by atoms with E-state index in [1.165, 1.54) is 7.05 Å². The highest BCUT2D eigenvalue weighted by atomic mass is 16.4. The lowest BCUT2D eigenvalue weighted by Gasteiger charge is -2.05. The SMILES string of the molecule is Cn1ncc(C(=O)O)c1C(=O)NCCCC(=O)O. The van der Waals surface area contributed by atoms with Crippen molar-refractivity contribution in [2.75, 3.05) is 6.54 Å². The number of carboxylic acids is 2. The van der Waals surface area contributed by atoms with Crippen LogP contribution in [-0.2, 0) is 11.8 Å². The number of carboxylic acid groups (broad SMARTS) is 2. The van der Waals surface area contributed by atoms with E-state index in [0.717, 1.165) is 10.9 Å². The fourth-order valence-electron chi connectivity index (χ4n) is 1.39. The minimum absolute atomic E-state index is 0.0576. The highest BCUT2D eigenvalue weighted by molar-refractivity contribution is 6.03. The molecule has 1 aromatic heterocycles. The molecular formula is C10H13N3O5. The summed E-state index contributed by atoms with van der Waals surface area (Å²) >= 11 is 0. The summed E-state index contributed by atoms with van der Waals surface area (Å²) in [5, 5.41) is 23.4. The molecule has 0 aliphatic heterocycles. The van der Waals surface area contributed by atoms with E-state index >= 15 is 0 Å². The number of amides is 1. The fourth-order valence-corrected chi connectivity index (χ4v) is 1.39. The maximum atomic E-state index is 11.7. The normalized spacial score (nSPS) is 10.1. The third-order valence-electron chi connectivity index (χ3n) is 2.24. The monoisotopic (exact) mass is 255 g/mol. The van der Waals surface area contributed by atoms with Crippen LogP contribution in [0, 0.1) is 0 Å². The lowest BCUT2D eigenvalue weighted by Crippen LogP contribution is -2.28. The quantitative estimate of drug-likeness (QED) is 0.600. The van der Waals surface area contributed by atoms with Crippen molar-refractivity contribution in [3.8, 4) is 0 Å². The summed E-state index contributed by atoms with van der Waals surface area (Å²) in [6, 6.07) is 0. The highest BCUT2D eigenvalue weighted by Gasteiger charge is 2.21. The maximum Gasteiger partial charge on any atom is 0.339 e. The summed E-state index contributed by atoms with van der Waals surface area (Å²) < 4.78 is 1.16. The van der Waals surface area contributed by atoms with Gasteiger partial charge in [0.15, 0.2) is 0 Å². The Hall–Kier alpha value is -2.38. The molecule has 0 aliphatic carbocycles. The van der Waals surface area contributed by atoms with Crippen molar-refractivity contribution in [1.82, 2.24) is 15.1 Å². The van der Waals surface area contributed by atoms with Gasteiger partial charge in [-0.05, 0) is 6.42 Å². The standard InChI is InChI=1S/C10H13N3O5/c1-13-8(6(5-12-13)10(17)18)9(16)11-4-2-3-7(14)15/h5H,2-4H2,1H3,(H,11,16)(H,14,15)(H,17,18). The predicted molar refractivity (Wildman–Crippen MR) is 59.4 cm³/mol. The molecule has 3 N–H and O–H groups in total. The van der Waals surface area contributed by atoms with Crippen molar-refractivity contribution in [3.63, 3.8) is 0 Å². The number of aliphatic carboxylic acids is 1. The minimum atomic E-state index is -1.24. The van der Waals surface area contributed by atoms with Gasteiger partial charge in [0.2, 0.25) is 0 Å². The van der Waals surface area contributed by atoms with Crippen LogP contribution in [0.5, 0.6) is 0 Å². The summed E-state index contributed by atoms with van der Waals surface area (Å²) in [6.45, 7) is 0.162. The highest BCUT2D eigenvalue weighted by Crippen LogP contribution is 2.07. The van der Waals surface area contributed by atoms with Gasteiger partial charge in [-0.25, -0.2) is 4.79 Å². The molecule has 0 aliphatic rings. The molecule has 18 heavy (non-hydrogen) atoms. The Morgan fingerprint density at radius 3 is 2.61 bits per heavy atom. The minimum Gasteiger partial charge on any atom is -0.481 e. The Morgan fingerprint density at radius 1 is 1.39 bits per heavy atom. The number of aromatic nitrogens is 2. The lowest BCUT2D eigenvalue weighted by atomic mass is 10.2. The van der Waals surface area contributed by atoms with Crippen LogP contribution in [0.25, 0.3) is 0 Å². The van der Waals surface area contributed by atoms with Gasteiger partial charge in [-0.15, -0.1) is 0 Å². The molecule has 0 atom stereocenters. The number of nitrogens with zero attached hydrogens (tertiary/aromatic N) is 2. The van der Waals surface area contributed by atoms with Crippen molar-refractivity contribution >= 4 is 17.8 Å². The maximum absolute atomic E-state index is 11.7. The van der Waals surface area contributed by atoms with Gasteiger partial charge in [0.25, 0.3) is 5.91 Å². The van der Waals surface area contributed by atoms with Crippen molar-refractivity contribution in [1.29, 1.82) is 0 Å². The van der Waals surface area contributed by atoms with E-state index in [2.05, 4.69) is 10.4 Å². The first-order valence-corrected chi connectivity index (χ1v) is 5.18. The fraction of sp³-hybridized carbons (Fsp3) is 0.400. The molecule has 0 aromatic carbocycles. The zero-order chi connectivity index (χ0) is 13.7. The number of aromatic carboxylic acids is 1. The van der Waals surface area contributed by atoms with E-state index < -0.39 is 17.8 Å². The molecular weight excluding hydrogens is 242 g/mol. The third kappa shape index (κ3) is 3.30. The van der Waals surface area contributed by atoms with Crippen LogP contribution in [0.4, 0.5) is 0 Å². The predicted octanol–water partition coefficient (Wildman–Crippen LogP) is -0.287.